The van der Waals surface area contributed by atoms with Gasteiger partial charge in [0.05, 0.1) is 0 Å². The molecule has 18 heavy (non-hydrogen) atoms. The molecule has 0 unspecified atom stereocenters. The number of halogens is 3. The fourth-order valence-electron chi connectivity index (χ4n) is 2.15. The van der Waals surface area contributed by atoms with E-state index in [0.29, 0.717) is 12.2 Å². The van der Waals surface area contributed by atoms with Gasteiger partial charge in [0.2, 0.25) is 0 Å². The van der Waals surface area contributed by atoms with Gasteiger partial charge >= 0.3 is 5.51 Å². The number of aryl methyl sites for hydroxylation is 1. The molecule has 1 aromatic rings. The smallest absolute Gasteiger partial charge is 0.398 e. The summed E-state index contributed by atoms with van der Waals surface area (Å²) >= 11 is 0.0295. The van der Waals surface area contributed by atoms with E-state index in [4.69, 9.17) is 5.73 Å². The van der Waals surface area contributed by atoms with Crippen LogP contribution in [0.25, 0.3) is 0 Å². The Labute approximate surface area is 108 Å². The number of nitrogen functional groups attached to an aromatic ring is 1. The average molecular weight is 276 g/mol. The van der Waals surface area contributed by atoms with Crippen molar-refractivity contribution in [1.29, 1.82) is 0 Å². The molecule has 2 rings (SSSR count). The average Bonchev–Trinajstić information content (AvgIpc) is 2.60. The number of nitrogens with two attached hydrogens (primary N) is 1. The van der Waals surface area contributed by atoms with Gasteiger partial charge in [0.15, 0.2) is 0 Å². The number of benzene rings is 1. The third kappa shape index (κ3) is 3.04. The molecule has 100 valence electrons. The van der Waals surface area contributed by atoms with Crippen LogP contribution < -0.4 is 10.6 Å². The second-order valence-electron chi connectivity index (χ2n) is 4.37. The molecule has 0 saturated heterocycles. The van der Waals surface area contributed by atoms with Gasteiger partial charge in [0, 0.05) is 30.2 Å². The molecule has 1 aliphatic rings. The number of thioether (sulfide) groups is 1. The Balaban J connectivity index is 2.01. The zero-order valence-electron chi connectivity index (χ0n) is 10.0. The van der Waals surface area contributed by atoms with Gasteiger partial charge in [-0.25, -0.2) is 0 Å². The molecule has 1 aliphatic heterocycles. The topological polar surface area (TPSA) is 29.3 Å². The fourth-order valence-corrected chi connectivity index (χ4v) is 2.69. The monoisotopic (exact) mass is 276 g/mol. The van der Waals surface area contributed by atoms with Crippen molar-refractivity contribution < 1.29 is 13.2 Å². The Morgan fingerprint density at radius 3 is 2.78 bits per heavy atom. The largest absolute Gasteiger partial charge is 0.441 e. The van der Waals surface area contributed by atoms with E-state index < -0.39 is 5.51 Å². The lowest BCUT2D eigenvalue weighted by atomic mass is 10.1. The molecule has 0 amide bonds. The van der Waals surface area contributed by atoms with Crippen molar-refractivity contribution >= 4 is 23.1 Å². The summed E-state index contributed by atoms with van der Waals surface area (Å²) < 4.78 is 36.2. The highest BCUT2D eigenvalue weighted by Crippen LogP contribution is 2.34. The Hall–Kier alpha value is -1.04. The number of anilines is 2. The molecule has 2 nitrogen and oxygen atoms in total. The quantitative estimate of drug-likeness (QED) is 0.860. The van der Waals surface area contributed by atoms with Crippen molar-refractivity contribution in [1.82, 2.24) is 0 Å². The van der Waals surface area contributed by atoms with Gasteiger partial charge in [-0.2, -0.15) is 13.2 Å². The Kier molecular flexibility index (Phi) is 3.66. The van der Waals surface area contributed by atoms with Gasteiger partial charge in [-0.3, -0.25) is 0 Å². The Morgan fingerprint density at radius 2 is 2.11 bits per heavy atom. The van der Waals surface area contributed by atoms with Gasteiger partial charge in [0.25, 0.3) is 0 Å². The maximum absolute atomic E-state index is 12.1. The summed E-state index contributed by atoms with van der Waals surface area (Å²) in [6.45, 7) is 3.12. The fraction of sp³-hybridized carbons (Fsp3) is 0.500. The molecule has 0 fully saturated rings. The van der Waals surface area contributed by atoms with E-state index in [1.165, 1.54) is 5.56 Å². The summed E-state index contributed by atoms with van der Waals surface area (Å²) in [4.78, 5) is 1.98. The van der Waals surface area contributed by atoms with Crippen LogP contribution in [-0.4, -0.2) is 24.4 Å². The summed E-state index contributed by atoms with van der Waals surface area (Å²) in [5.74, 6) is 0.0523. The summed E-state index contributed by atoms with van der Waals surface area (Å²) in [6.07, 6.45) is 0.882. The highest BCUT2D eigenvalue weighted by molar-refractivity contribution is 8.00. The van der Waals surface area contributed by atoms with Gasteiger partial charge in [0.1, 0.15) is 0 Å². The molecule has 0 saturated carbocycles. The number of fused-ring (bicyclic) bond motifs is 1. The standard InChI is InChI=1S/C12H15F3N2S/c1-8-6-9-2-3-17(11(9)7-10(8)16)4-5-18-12(13,14)15/h6-7H,2-5,16H2,1H3. The minimum atomic E-state index is -4.14. The third-order valence-corrected chi connectivity index (χ3v) is 3.80. The zero-order chi connectivity index (χ0) is 13.3. The lowest BCUT2D eigenvalue weighted by Crippen LogP contribution is -2.24. The van der Waals surface area contributed by atoms with Gasteiger partial charge in [-0.05, 0) is 42.3 Å². The molecule has 0 radical (unpaired) electrons. The first-order valence-corrected chi connectivity index (χ1v) is 6.70. The van der Waals surface area contributed by atoms with Crippen molar-refractivity contribution in [3.05, 3.63) is 23.3 Å². The van der Waals surface area contributed by atoms with Crippen LogP contribution in [0.5, 0.6) is 0 Å². The minimum Gasteiger partial charge on any atom is -0.398 e. The van der Waals surface area contributed by atoms with Crippen molar-refractivity contribution in [3.8, 4) is 0 Å². The van der Waals surface area contributed by atoms with Crippen LogP contribution in [0.4, 0.5) is 24.5 Å². The van der Waals surface area contributed by atoms with Crippen molar-refractivity contribution in [2.45, 2.75) is 18.9 Å². The van der Waals surface area contributed by atoms with Crippen molar-refractivity contribution in [3.63, 3.8) is 0 Å². The maximum Gasteiger partial charge on any atom is 0.441 e. The molecular formula is C12H15F3N2S. The van der Waals surface area contributed by atoms with E-state index in [9.17, 15) is 13.2 Å². The van der Waals surface area contributed by atoms with Crippen LogP contribution in [-0.2, 0) is 6.42 Å². The molecule has 0 atom stereocenters. The number of hydrogen-bond donors (Lipinski definition) is 1. The van der Waals surface area contributed by atoms with E-state index in [-0.39, 0.29) is 17.5 Å². The predicted octanol–water partition coefficient (Wildman–Crippen LogP) is 3.19. The highest BCUT2D eigenvalue weighted by Gasteiger charge is 2.28. The maximum atomic E-state index is 12.1. The molecule has 6 heteroatoms. The lowest BCUT2D eigenvalue weighted by molar-refractivity contribution is -0.0327. The molecule has 2 N–H and O–H groups in total. The lowest BCUT2D eigenvalue weighted by Gasteiger charge is -2.20. The predicted molar refractivity (Wildman–Crippen MR) is 70.0 cm³/mol. The molecule has 1 aromatic carbocycles. The van der Waals surface area contributed by atoms with Crippen LogP contribution in [0, 0.1) is 6.92 Å². The summed E-state index contributed by atoms with van der Waals surface area (Å²) in [6, 6.07) is 3.90. The van der Waals surface area contributed by atoms with Crippen molar-refractivity contribution in [2.75, 3.05) is 29.5 Å². The van der Waals surface area contributed by atoms with Gasteiger partial charge in [-0.15, -0.1) is 0 Å². The van der Waals surface area contributed by atoms with E-state index >= 15 is 0 Å². The molecule has 0 spiro atoms. The molecule has 0 bridgehead atoms. The first-order chi connectivity index (χ1) is 8.37. The summed E-state index contributed by atoms with van der Waals surface area (Å²) in [5.41, 5.74) is 5.59. The summed E-state index contributed by atoms with van der Waals surface area (Å²) in [5, 5.41) is 0. The first kappa shape index (κ1) is 13.4. The normalized spacial score (nSPS) is 15.0. The van der Waals surface area contributed by atoms with Gasteiger partial charge in [-0.1, -0.05) is 6.07 Å². The van der Waals surface area contributed by atoms with Crippen LogP contribution in [0.1, 0.15) is 11.1 Å². The number of alkyl halides is 3. The second-order valence-corrected chi connectivity index (χ2v) is 5.53. The highest BCUT2D eigenvalue weighted by atomic mass is 32.2. The SMILES string of the molecule is Cc1cc2c(cc1N)N(CCSC(F)(F)F)CC2. The van der Waals surface area contributed by atoms with Crippen LogP contribution >= 0.6 is 11.8 Å². The minimum absolute atomic E-state index is 0.0295. The molecular weight excluding hydrogens is 261 g/mol. The van der Waals surface area contributed by atoms with Crippen LogP contribution in [0.15, 0.2) is 12.1 Å². The Morgan fingerprint density at radius 1 is 1.39 bits per heavy atom. The summed E-state index contributed by atoms with van der Waals surface area (Å²) in [7, 11) is 0. The van der Waals surface area contributed by atoms with Gasteiger partial charge < -0.3 is 10.6 Å². The number of nitrogens with zero attached hydrogens (tertiary/aromatic N) is 1. The first-order valence-electron chi connectivity index (χ1n) is 5.71. The van der Waals surface area contributed by atoms with Crippen LogP contribution in [0.3, 0.4) is 0 Å². The molecule has 0 aromatic heterocycles. The van der Waals surface area contributed by atoms with E-state index in [1.807, 2.05) is 24.0 Å². The van der Waals surface area contributed by atoms with Crippen LogP contribution in [0.2, 0.25) is 0 Å². The molecule has 1 heterocycles. The number of rotatable bonds is 3. The van der Waals surface area contributed by atoms with E-state index in [0.717, 1.165) is 24.2 Å². The third-order valence-electron chi connectivity index (χ3n) is 3.09. The van der Waals surface area contributed by atoms with E-state index in [1.54, 1.807) is 0 Å². The Bertz CT molecular complexity index is 446. The number of hydrogen-bond acceptors (Lipinski definition) is 3. The van der Waals surface area contributed by atoms with Crippen molar-refractivity contribution in [2.24, 2.45) is 0 Å². The van der Waals surface area contributed by atoms with E-state index in [2.05, 4.69) is 0 Å². The second kappa shape index (κ2) is 4.91. The zero-order valence-corrected chi connectivity index (χ0v) is 10.9. The molecule has 0 aliphatic carbocycles.